The number of hydrogen-bond acceptors (Lipinski definition) is 5. The lowest BCUT2D eigenvalue weighted by atomic mass is 10.1. The van der Waals surface area contributed by atoms with Gasteiger partial charge >= 0.3 is 6.03 Å². The summed E-state index contributed by atoms with van der Waals surface area (Å²) in [6.45, 7) is 0.161. The Balaban J connectivity index is 1.33. The van der Waals surface area contributed by atoms with Gasteiger partial charge in [-0.1, -0.05) is 12.1 Å². The molecule has 0 bridgehead atoms. The third-order valence-electron chi connectivity index (χ3n) is 4.47. The van der Waals surface area contributed by atoms with E-state index in [0.717, 1.165) is 0 Å². The van der Waals surface area contributed by atoms with E-state index in [9.17, 15) is 9.59 Å². The number of fused-ring (bicyclic) bond motifs is 3. The van der Waals surface area contributed by atoms with Crippen LogP contribution in [0.15, 0.2) is 60.7 Å². The third kappa shape index (κ3) is 3.27. The molecule has 2 aliphatic heterocycles. The molecule has 0 aliphatic carbocycles. The molecule has 0 saturated carbocycles. The fraction of sp³-hybridized carbons (Fsp3) is 0.0476. The molecule has 0 atom stereocenters. The molecule has 8 nitrogen and oxygen atoms in total. The SMILES string of the molecule is O=C(Nc1ccc2c(c1)OCO2)Nc1ccc2c(c1)C(=O)Nc1ccccc1O2. The molecule has 2 aliphatic rings. The molecule has 3 aromatic carbocycles. The third-order valence-corrected chi connectivity index (χ3v) is 4.47. The maximum Gasteiger partial charge on any atom is 0.323 e. The lowest BCUT2D eigenvalue weighted by Gasteiger charge is -2.11. The van der Waals surface area contributed by atoms with Crippen LogP contribution in [0.25, 0.3) is 0 Å². The molecule has 2 heterocycles. The highest BCUT2D eigenvalue weighted by molar-refractivity contribution is 6.09. The van der Waals surface area contributed by atoms with Gasteiger partial charge < -0.3 is 30.2 Å². The summed E-state index contributed by atoms with van der Waals surface area (Å²) >= 11 is 0. The first-order valence-electron chi connectivity index (χ1n) is 8.86. The van der Waals surface area contributed by atoms with Crippen LogP contribution in [0.5, 0.6) is 23.0 Å². The Hall–Kier alpha value is -4.20. The molecule has 0 saturated heterocycles. The van der Waals surface area contributed by atoms with Crippen LogP contribution in [0.2, 0.25) is 0 Å². The van der Waals surface area contributed by atoms with Crippen LogP contribution in [0.1, 0.15) is 10.4 Å². The average molecular weight is 389 g/mol. The van der Waals surface area contributed by atoms with E-state index < -0.39 is 6.03 Å². The van der Waals surface area contributed by atoms with Crippen molar-refractivity contribution in [1.29, 1.82) is 0 Å². The van der Waals surface area contributed by atoms with Gasteiger partial charge in [-0.05, 0) is 42.5 Å². The molecule has 144 valence electrons. The maximum atomic E-state index is 12.6. The molecule has 0 unspecified atom stereocenters. The quantitative estimate of drug-likeness (QED) is 0.603. The van der Waals surface area contributed by atoms with Crippen LogP contribution in [-0.2, 0) is 0 Å². The number of hydrogen-bond donors (Lipinski definition) is 3. The highest BCUT2D eigenvalue weighted by atomic mass is 16.7. The summed E-state index contributed by atoms with van der Waals surface area (Å²) in [4.78, 5) is 24.9. The molecule has 0 aromatic heterocycles. The van der Waals surface area contributed by atoms with Gasteiger partial charge in [0.15, 0.2) is 17.2 Å². The maximum absolute atomic E-state index is 12.6. The number of para-hydroxylation sites is 2. The molecular weight excluding hydrogens is 374 g/mol. The smallest absolute Gasteiger partial charge is 0.323 e. The molecule has 0 radical (unpaired) electrons. The van der Waals surface area contributed by atoms with Crippen LogP contribution in [0.3, 0.4) is 0 Å². The van der Waals surface area contributed by atoms with Crippen LogP contribution in [0.4, 0.5) is 21.9 Å². The van der Waals surface area contributed by atoms with Crippen LogP contribution < -0.4 is 30.2 Å². The van der Waals surface area contributed by atoms with Crippen molar-refractivity contribution in [1.82, 2.24) is 0 Å². The molecule has 8 heteroatoms. The summed E-state index contributed by atoms with van der Waals surface area (Å²) in [6.07, 6.45) is 0. The lowest BCUT2D eigenvalue weighted by Crippen LogP contribution is -2.20. The fourth-order valence-electron chi connectivity index (χ4n) is 3.11. The van der Waals surface area contributed by atoms with Crippen LogP contribution >= 0.6 is 0 Å². The highest BCUT2D eigenvalue weighted by Crippen LogP contribution is 2.37. The minimum atomic E-state index is -0.456. The summed E-state index contributed by atoms with van der Waals surface area (Å²) in [5, 5.41) is 8.24. The summed E-state index contributed by atoms with van der Waals surface area (Å²) in [7, 11) is 0. The van der Waals surface area contributed by atoms with Crippen molar-refractivity contribution in [2.24, 2.45) is 0 Å². The number of ether oxygens (including phenoxy) is 3. The Bertz CT molecular complexity index is 1140. The summed E-state index contributed by atoms with van der Waals surface area (Å²) in [6, 6.07) is 16.7. The number of carbonyl (C=O) groups excluding carboxylic acids is 2. The first kappa shape index (κ1) is 16.9. The Kier molecular flexibility index (Phi) is 3.94. The largest absolute Gasteiger partial charge is 0.454 e. The van der Waals surface area contributed by atoms with E-state index in [-0.39, 0.29) is 12.7 Å². The van der Waals surface area contributed by atoms with Crippen molar-refractivity contribution in [3.8, 4) is 23.0 Å². The molecule has 3 aromatic rings. The monoisotopic (exact) mass is 389 g/mol. The minimum Gasteiger partial charge on any atom is -0.454 e. The van der Waals surface area contributed by atoms with Crippen LogP contribution in [0, 0.1) is 0 Å². The van der Waals surface area contributed by atoms with E-state index in [1.54, 1.807) is 48.5 Å². The molecule has 0 spiro atoms. The van der Waals surface area contributed by atoms with E-state index in [2.05, 4.69) is 16.0 Å². The molecule has 3 amide bonds. The van der Waals surface area contributed by atoms with Gasteiger partial charge in [0.25, 0.3) is 5.91 Å². The highest BCUT2D eigenvalue weighted by Gasteiger charge is 2.21. The van der Waals surface area contributed by atoms with Gasteiger partial charge in [-0.2, -0.15) is 0 Å². The number of anilines is 3. The number of carbonyl (C=O) groups is 2. The average Bonchev–Trinajstić information content (AvgIpc) is 3.12. The first-order chi connectivity index (χ1) is 14.2. The van der Waals surface area contributed by atoms with Gasteiger partial charge in [-0.3, -0.25) is 4.79 Å². The van der Waals surface area contributed by atoms with Crippen molar-refractivity contribution >= 4 is 29.0 Å². The summed E-state index contributed by atoms with van der Waals surface area (Å²) in [5.74, 6) is 1.86. The standard InChI is InChI=1S/C21H15N3O5/c25-20-14-9-12(5-7-16(14)29-17-4-2-1-3-15(17)24-20)22-21(26)23-13-6-8-18-19(10-13)28-11-27-18/h1-10H,11H2,(H,24,25)(H2,22,23,26). The number of urea groups is 1. The Morgan fingerprint density at radius 2 is 1.55 bits per heavy atom. The number of rotatable bonds is 2. The summed E-state index contributed by atoms with van der Waals surface area (Å²) < 4.78 is 16.4. The molecular formula is C21H15N3O5. The second-order valence-corrected chi connectivity index (χ2v) is 6.41. The second-order valence-electron chi connectivity index (χ2n) is 6.41. The van der Waals surface area contributed by atoms with E-state index in [4.69, 9.17) is 14.2 Å². The number of benzene rings is 3. The minimum absolute atomic E-state index is 0.161. The van der Waals surface area contributed by atoms with Gasteiger partial charge in [-0.15, -0.1) is 0 Å². The predicted octanol–water partition coefficient (Wildman–Crippen LogP) is 4.42. The van der Waals surface area contributed by atoms with Gasteiger partial charge in [0.05, 0.1) is 11.3 Å². The van der Waals surface area contributed by atoms with E-state index in [0.29, 0.717) is 45.6 Å². The molecule has 29 heavy (non-hydrogen) atoms. The van der Waals surface area contributed by atoms with Gasteiger partial charge in [0.2, 0.25) is 6.79 Å². The van der Waals surface area contributed by atoms with Crippen molar-refractivity contribution in [2.45, 2.75) is 0 Å². The first-order valence-corrected chi connectivity index (χ1v) is 8.86. The Morgan fingerprint density at radius 1 is 0.828 bits per heavy atom. The second kappa shape index (κ2) is 6.75. The normalized spacial score (nSPS) is 13.3. The number of amides is 3. The van der Waals surface area contributed by atoms with E-state index in [1.165, 1.54) is 0 Å². The lowest BCUT2D eigenvalue weighted by molar-refractivity contribution is 0.102. The van der Waals surface area contributed by atoms with Crippen molar-refractivity contribution in [3.63, 3.8) is 0 Å². The number of nitrogens with one attached hydrogen (secondary N) is 3. The van der Waals surface area contributed by atoms with Gasteiger partial charge in [0, 0.05) is 17.4 Å². The molecule has 5 rings (SSSR count). The van der Waals surface area contributed by atoms with Crippen molar-refractivity contribution in [3.05, 3.63) is 66.2 Å². The zero-order chi connectivity index (χ0) is 19.8. The van der Waals surface area contributed by atoms with Crippen LogP contribution in [-0.4, -0.2) is 18.7 Å². The topological polar surface area (TPSA) is 97.9 Å². The fourth-order valence-corrected chi connectivity index (χ4v) is 3.11. The predicted molar refractivity (Wildman–Crippen MR) is 106 cm³/mol. The zero-order valence-electron chi connectivity index (χ0n) is 15.0. The summed E-state index contributed by atoms with van der Waals surface area (Å²) in [5.41, 5.74) is 1.91. The molecule has 0 fully saturated rings. The Morgan fingerprint density at radius 3 is 2.41 bits per heavy atom. The van der Waals surface area contributed by atoms with Gasteiger partial charge in [-0.25, -0.2) is 4.79 Å². The van der Waals surface area contributed by atoms with Gasteiger partial charge in [0.1, 0.15) is 5.75 Å². The Labute approximate surface area is 165 Å². The van der Waals surface area contributed by atoms with E-state index >= 15 is 0 Å². The van der Waals surface area contributed by atoms with Crippen molar-refractivity contribution in [2.75, 3.05) is 22.7 Å². The molecule has 3 N–H and O–H groups in total. The van der Waals surface area contributed by atoms with E-state index in [1.807, 2.05) is 12.1 Å². The zero-order valence-corrected chi connectivity index (χ0v) is 15.0. The van der Waals surface area contributed by atoms with Crippen molar-refractivity contribution < 1.29 is 23.8 Å².